The average Bonchev–Trinajstić information content (AvgIpc) is 2.58. The molecule has 0 aromatic carbocycles. The van der Waals surface area contributed by atoms with Gasteiger partial charge < -0.3 is 16.5 Å². The Bertz CT molecular complexity index is 265. The van der Waals surface area contributed by atoms with Crippen molar-refractivity contribution >= 4 is 37.1 Å². The molecule has 0 saturated carbocycles. The van der Waals surface area contributed by atoms with Crippen LogP contribution >= 0.6 is 0 Å². The second-order valence-electron chi connectivity index (χ2n) is 7.07. The summed E-state index contributed by atoms with van der Waals surface area (Å²) < 4.78 is 26.1. The van der Waals surface area contributed by atoms with E-state index in [0.717, 1.165) is 24.2 Å². The standard InChI is InChI=1S/C16H40O4Si4/c1-5-9-13-23(14-10-6-2)18-21-17-22-19-24(20-23,15-11-7-3)16-12-8-4/h5-16,21-22H2,1-4H3. The summed E-state index contributed by atoms with van der Waals surface area (Å²) in [6.45, 7) is 9.06. The maximum absolute atomic E-state index is 7.10. The molecule has 1 fully saturated rings. The zero-order chi connectivity index (χ0) is 17.7. The van der Waals surface area contributed by atoms with Crippen molar-refractivity contribution in [3.63, 3.8) is 0 Å². The van der Waals surface area contributed by atoms with Gasteiger partial charge in [0.2, 0.25) is 0 Å². The molecule has 1 saturated heterocycles. The molecule has 0 unspecified atom stereocenters. The molecule has 0 bridgehead atoms. The Balaban J connectivity index is 2.98. The molecule has 1 heterocycles. The Labute approximate surface area is 157 Å². The highest BCUT2D eigenvalue weighted by atomic mass is 28.5. The zero-order valence-corrected chi connectivity index (χ0v) is 21.4. The monoisotopic (exact) mass is 408 g/mol. The third kappa shape index (κ3) is 7.94. The second kappa shape index (κ2) is 13.0. The van der Waals surface area contributed by atoms with Gasteiger partial charge in [0.15, 0.2) is 0 Å². The fourth-order valence-corrected chi connectivity index (χ4v) is 19.7. The van der Waals surface area contributed by atoms with E-state index in [9.17, 15) is 0 Å². The highest BCUT2D eigenvalue weighted by Gasteiger charge is 2.48. The molecular formula is C16H40O4Si4. The molecule has 1 aliphatic rings. The average molecular weight is 409 g/mol. The van der Waals surface area contributed by atoms with E-state index in [2.05, 4.69) is 27.7 Å². The maximum atomic E-state index is 7.10. The zero-order valence-electron chi connectivity index (χ0n) is 16.5. The van der Waals surface area contributed by atoms with Crippen LogP contribution in [0.1, 0.15) is 79.1 Å². The van der Waals surface area contributed by atoms with E-state index in [4.69, 9.17) is 16.5 Å². The molecule has 0 radical (unpaired) electrons. The van der Waals surface area contributed by atoms with E-state index in [-0.39, 0.29) is 0 Å². The van der Waals surface area contributed by atoms with E-state index in [1.807, 2.05) is 0 Å². The normalized spacial score (nSPS) is 22.5. The first kappa shape index (κ1) is 22.7. The lowest BCUT2D eigenvalue weighted by molar-refractivity contribution is 0.260. The lowest BCUT2D eigenvalue weighted by Crippen LogP contribution is -2.58. The molecule has 0 spiro atoms. The fourth-order valence-electron chi connectivity index (χ4n) is 3.26. The minimum absolute atomic E-state index is 0.900. The Morgan fingerprint density at radius 1 is 0.583 bits per heavy atom. The van der Waals surface area contributed by atoms with Gasteiger partial charge in [-0.25, -0.2) is 0 Å². The quantitative estimate of drug-likeness (QED) is 0.455. The van der Waals surface area contributed by atoms with Crippen LogP contribution in [0.3, 0.4) is 0 Å². The van der Waals surface area contributed by atoms with Crippen LogP contribution in [-0.4, -0.2) is 37.1 Å². The highest BCUT2D eigenvalue weighted by molar-refractivity contribution is 6.85. The summed E-state index contributed by atoms with van der Waals surface area (Å²) in [7, 11) is -6.09. The van der Waals surface area contributed by atoms with Gasteiger partial charge in [0.25, 0.3) is 20.0 Å². The van der Waals surface area contributed by atoms with Crippen molar-refractivity contribution in [1.29, 1.82) is 0 Å². The summed E-state index contributed by atoms with van der Waals surface area (Å²) in [5.41, 5.74) is 0. The van der Waals surface area contributed by atoms with Crippen molar-refractivity contribution < 1.29 is 16.5 Å². The molecule has 0 aliphatic carbocycles. The summed E-state index contributed by atoms with van der Waals surface area (Å²) in [5.74, 6) is 0. The molecule has 0 aromatic rings. The maximum Gasteiger partial charge on any atom is 0.320 e. The van der Waals surface area contributed by atoms with Gasteiger partial charge in [0, 0.05) is 0 Å². The lowest BCUT2D eigenvalue weighted by Gasteiger charge is -2.43. The van der Waals surface area contributed by atoms with Crippen LogP contribution in [0.5, 0.6) is 0 Å². The fraction of sp³-hybridized carbons (Fsp3) is 1.00. The Kier molecular flexibility index (Phi) is 12.3. The van der Waals surface area contributed by atoms with Crippen LogP contribution in [0.25, 0.3) is 0 Å². The highest BCUT2D eigenvalue weighted by Crippen LogP contribution is 2.34. The summed E-state index contributed by atoms with van der Waals surface area (Å²) in [6, 6.07) is 4.55. The molecule has 1 aliphatic heterocycles. The molecule has 144 valence electrons. The van der Waals surface area contributed by atoms with Gasteiger partial charge in [-0.15, -0.1) is 0 Å². The lowest BCUT2D eigenvalue weighted by atomic mass is 10.4. The second-order valence-corrected chi connectivity index (χ2v) is 17.9. The summed E-state index contributed by atoms with van der Waals surface area (Å²) in [4.78, 5) is 0. The Morgan fingerprint density at radius 2 is 0.917 bits per heavy atom. The van der Waals surface area contributed by atoms with Crippen LogP contribution in [-0.2, 0) is 16.5 Å². The van der Waals surface area contributed by atoms with Gasteiger partial charge in [0.1, 0.15) is 0 Å². The molecular weight excluding hydrogens is 369 g/mol. The molecule has 8 heteroatoms. The van der Waals surface area contributed by atoms with Gasteiger partial charge in [-0.1, -0.05) is 79.1 Å². The largest absolute Gasteiger partial charge is 0.425 e. The summed E-state index contributed by atoms with van der Waals surface area (Å²) >= 11 is 0. The molecule has 0 aromatic heterocycles. The van der Waals surface area contributed by atoms with Crippen LogP contribution in [0, 0.1) is 0 Å². The number of hydrogen-bond donors (Lipinski definition) is 0. The SMILES string of the molecule is CCCC[Si]1(CCCC)O[SiH2]O[SiH2]O[Si](CCCC)(CCCC)O1. The third-order valence-corrected chi connectivity index (χ3v) is 18.7. The van der Waals surface area contributed by atoms with Crippen molar-refractivity contribution in [2.24, 2.45) is 0 Å². The van der Waals surface area contributed by atoms with Gasteiger partial charge in [-0.05, 0) is 24.2 Å². The first-order valence-electron chi connectivity index (χ1n) is 10.2. The summed E-state index contributed by atoms with van der Waals surface area (Å²) in [6.07, 6.45) is 9.71. The van der Waals surface area contributed by atoms with Gasteiger partial charge in [-0.3, -0.25) is 0 Å². The van der Waals surface area contributed by atoms with Crippen molar-refractivity contribution in [2.75, 3.05) is 0 Å². The minimum atomic E-state index is -2.15. The van der Waals surface area contributed by atoms with Gasteiger partial charge in [-0.2, -0.15) is 0 Å². The topological polar surface area (TPSA) is 36.9 Å². The third-order valence-electron chi connectivity index (χ3n) is 4.83. The Hall–Kier alpha value is 0.708. The summed E-state index contributed by atoms with van der Waals surface area (Å²) in [5, 5.41) is 0. The van der Waals surface area contributed by atoms with Crippen molar-refractivity contribution in [1.82, 2.24) is 0 Å². The molecule has 0 N–H and O–H groups in total. The Morgan fingerprint density at radius 3 is 1.21 bits per heavy atom. The number of unbranched alkanes of at least 4 members (excludes halogenated alkanes) is 4. The molecule has 1 rings (SSSR count). The first-order chi connectivity index (χ1) is 11.7. The van der Waals surface area contributed by atoms with Crippen LogP contribution < -0.4 is 0 Å². The predicted molar refractivity (Wildman–Crippen MR) is 112 cm³/mol. The van der Waals surface area contributed by atoms with E-state index < -0.39 is 37.1 Å². The predicted octanol–water partition coefficient (Wildman–Crippen LogP) is 4.15. The van der Waals surface area contributed by atoms with Crippen molar-refractivity contribution in [3.05, 3.63) is 0 Å². The molecule has 24 heavy (non-hydrogen) atoms. The van der Waals surface area contributed by atoms with E-state index in [1.165, 1.54) is 51.4 Å². The van der Waals surface area contributed by atoms with Gasteiger partial charge in [0.05, 0.1) is 0 Å². The van der Waals surface area contributed by atoms with Crippen molar-refractivity contribution in [3.8, 4) is 0 Å². The first-order valence-corrected chi connectivity index (χ1v) is 17.0. The van der Waals surface area contributed by atoms with Crippen LogP contribution in [0.2, 0.25) is 24.2 Å². The molecule has 0 amide bonds. The molecule has 0 atom stereocenters. The molecule has 4 nitrogen and oxygen atoms in total. The minimum Gasteiger partial charge on any atom is -0.425 e. The van der Waals surface area contributed by atoms with E-state index in [0.29, 0.717) is 0 Å². The van der Waals surface area contributed by atoms with E-state index >= 15 is 0 Å². The van der Waals surface area contributed by atoms with Crippen LogP contribution in [0.15, 0.2) is 0 Å². The van der Waals surface area contributed by atoms with Crippen molar-refractivity contribution in [2.45, 2.75) is 103 Å². The smallest absolute Gasteiger partial charge is 0.320 e. The van der Waals surface area contributed by atoms with Crippen LogP contribution in [0.4, 0.5) is 0 Å². The van der Waals surface area contributed by atoms with E-state index in [1.54, 1.807) is 0 Å². The van der Waals surface area contributed by atoms with Gasteiger partial charge >= 0.3 is 17.1 Å². The number of rotatable bonds is 12. The number of hydrogen-bond acceptors (Lipinski definition) is 4.